The summed E-state index contributed by atoms with van der Waals surface area (Å²) in [5.74, 6) is -0.890. The molecule has 1 amide bonds. The summed E-state index contributed by atoms with van der Waals surface area (Å²) in [4.78, 5) is 23.4. The van der Waals surface area contributed by atoms with Crippen molar-refractivity contribution >= 4 is 17.7 Å². The van der Waals surface area contributed by atoms with Gasteiger partial charge < -0.3 is 10.1 Å². The van der Waals surface area contributed by atoms with Crippen molar-refractivity contribution in [2.75, 3.05) is 0 Å². The molecule has 0 aromatic heterocycles. The van der Waals surface area contributed by atoms with Crippen molar-refractivity contribution < 1.29 is 18.8 Å². The molecule has 1 atom stereocenters. The molecule has 0 aliphatic heterocycles. The molecular weight excluding hydrogens is 413 g/mol. The summed E-state index contributed by atoms with van der Waals surface area (Å²) in [5.41, 5.74) is 0.589. The number of nitrogens with zero attached hydrogens (tertiary/aromatic N) is 2. The van der Waals surface area contributed by atoms with Crippen LogP contribution in [0.2, 0.25) is 0 Å². The highest BCUT2D eigenvalue weighted by Crippen LogP contribution is 2.33. The van der Waals surface area contributed by atoms with E-state index in [4.69, 9.17) is 4.74 Å². The molecule has 3 rings (SSSR count). The van der Waals surface area contributed by atoms with Gasteiger partial charge in [-0.2, -0.15) is 5.26 Å². The lowest BCUT2D eigenvalue weighted by Gasteiger charge is -2.13. The fourth-order valence-electron chi connectivity index (χ4n) is 2.90. The van der Waals surface area contributed by atoms with Gasteiger partial charge in [-0.1, -0.05) is 36.4 Å². The Labute approximate surface area is 183 Å². The van der Waals surface area contributed by atoms with E-state index < -0.39 is 16.6 Å². The van der Waals surface area contributed by atoms with Crippen LogP contribution in [0.15, 0.2) is 78.4 Å². The number of amides is 1. The van der Waals surface area contributed by atoms with Gasteiger partial charge in [-0.25, -0.2) is 4.39 Å². The van der Waals surface area contributed by atoms with Gasteiger partial charge in [0, 0.05) is 6.07 Å². The van der Waals surface area contributed by atoms with Crippen LogP contribution in [0.25, 0.3) is 6.08 Å². The third kappa shape index (κ3) is 5.55. The first-order valence-corrected chi connectivity index (χ1v) is 9.57. The lowest BCUT2D eigenvalue weighted by molar-refractivity contribution is -0.385. The van der Waals surface area contributed by atoms with Gasteiger partial charge in [-0.3, -0.25) is 14.9 Å². The normalized spacial score (nSPS) is 11.8. The largest absolute Gasteiger partial charge is 0.450 e. The number of ether oxygens (including phenoxy) is 1. The van der Waals surface area contributed by atoms with Gasteiger partial charge in [-0.05, 0) is 54.5 Å². The molecule has 0 spiro atoms. The predicted octanol–water partition coefficient (Wildman–Crippen LogP) is 5.31. The molecule has 0 saturated carbocycles. The molecule has 32 heavy (non-hydrogen) atoms. The molecule has 0 aliphatic carbocycles. The molecule has 0 fully saturated rings. The van der Waals surface area contributed by atoms with Gasteiger partial charge in [0.15, 0.2) is 0 Å². The Kier molecular flexibility index (Phi) is 6.93. The summed E-state index contributed by atoms with van der Waals surface area (Å²) in [6.45, 7) is 1.79. The van der Waals surface area contributed by atoms with E-state index in [1.54, 1.807) is 6.92 Å². The molecule has 3 aromatic carbocycles. The van der Waals surface area contributed by atoms with E-state index in [0.717, 1.165) is 5.56 Å². The molecule has 0 radical (unpaired) electrons. The zero-order chi connectivity index (χ0) is 23.1. The fourth-order valence-corrected chi connectivity index (χ4v) is 2.90. The van der Waals surface area contributed by atoms with Gasteiger partial charge in [-0.15, -0.1) is 0 Å². The highest BCUT2D eigenvalue weighted by atomic mass is 19.1. The van der Waals surface area contributed by atoms with Crippen molar-refractivity contribution in [1.29, 1.82) is 5.26 Å². The number of hydrogen-bond acceptors (Lipinski definition) is 5. The molecule has 0 aliphatic rings. The number of nitriles is 1. The van der Waals surface area contributed by atoms with Gasteiger partial charge in [0.05, 0.1) is 11.0 Å². The van der Waals surface area contributed by atoms with E-state index in [1.807, 2.05) is 36.4 Å². The number of nitrogens with one attached hydrogen (secondary N) is 1. The average Bonchev–Trinajstić information content (AvgIpc) is 2.80. The highest BCUT2D eigenvalue weighted by Gasteiger charge is 2.18. The first-order chi connectivity index (χ1) is 15.4. The summed E-state index contributed by atoms with van der Waals surface area (Å²) in [6, 6.07) is 19.8. The van der Waals surface area contributed by atoms with Crippen molar-refractivity contribution in [1.82, 2.24) is 5.32 Å². The zero-order valence-corrected chi connectivity index (χ0v) is 17.0. The molecule has 0 unspecified atom stereocenters. The maximum Gasteiger partial charge on any atom is 0.312 e. The van der Waals surface area contributed by atoms with E-state index in [9.17, 15) is 24.6 Å². The van der Waals surface area contributed by atoms with E-state index in [-0.39, 0.29) is 34.4 Å². The first-order valence-electron chi connectivity index (χ1n) is 9.57. The van der Waals surface area contributed by atoms with E-state index in [1.165, 1.54) is 48.5 Å². The molecule has 0 saturated heterocycles. The van der Waals surface area contributed by atoms with E-state index >= 15 is 0 Å². The number of nitro groups is 1. The van der Waals surface area contributed by atoms with Crippen molar-refractivity contribution in [3.05, 3.63) is 105 Å². The van der Waals surface area contributed by atoms with Gasteiger partial charge in [0.2, 0.25) is 5.75 Å². The maximum atomic E-state index is 13.1. The fraction of sp³-hybridized carbons (Fsp3) is 0.0833. The molecule has 160 valence electrons. The summed E-state index contributed by atoms with van der Waals surface area (Å²) < 4.78 is 18.5. The van der Waals surface area contributed by atoms with Crippen LogP contribution in [0.1, 0.15) is 24.1 Å². The zero-order valence-electron chi connectivity index (χ0n) is 17.0. The van der Waals surface area contributed by atoms with Crippen LogP contribution in [0.3, 0.4) is 0 Å². The smallest absolute Gasteiger partial charge is 0.312 e. The Morgan fingerprint density at radius 1 is 1.16 bits per heavy atom. The van der Waals surface area contributed by atoms with Crippen LogP contribution in [-0.2, 0) is 4.79 Å². The molecule has 3 aromatic rings. The molecule has 8 heteroatoms. The Hall–Kier alpha value is -4.51. The summed E-state index contributed by atoms with van der Waals surface area (Å²) in [5, 5.41) is 23.7. The maximum absolute atomic E-state index is 13.1. The Morgan fingerprint density at radius 2 is 1.84 bits per heavy atom. The summed E-state index contributed by atoms with van der Waals surface area (Å²) >= 11 is 0. The van der Waals surface area contributed by atoms with Crippen molar-refractivity contribution in [3.63, 3.8) is 0 Å². The minimum absolute atomic E-state index is 0.0561. The number of carbonyl (C=O) groups excluding carboxylic acids is 1. The molecule has 1 N–H and O–H groups in total. The number of rotatable bonds is 7. The van der Waals surface area contributed by atoms with Crippen molar-refractivity contribution in [2.45, 2.75) is 13.0 Å². The lowest BCUT2D eigenvalue weighted by Crippen LogP contribution is -2.27. The topological polar surface area (TPSA) is 105 Å². The Bertz CT molecular complexity index is 1200. The summed E-state index contributed by atoms with van der Waals surface area (Å²) in [6.07, 6.45) is 1.27. The number of hydrogen-bond donors (Lipinski definition) is 1. The first kappa shape index (κ1) is 22.2. The second-order valence-electron chi connectivity index (χ2n) is 6.82. The average molecular weight is 431 g/mol. The van der Waals surface area contributed by atoms with Crippen LogP contribution < -0.4 is 10.1 Å². The Morgan fingerprint density at radius 3 is 2.47 bits per heavy atom. The minimum atomic E-state index is -0.639. The third-order valence-electron chi connectivity index (χ3n) is 4.54. The highest BCUT2D eigenvalue weighted by molar-refractivity contribution is 6.02. The van der Waals surface area contributed by atoms with Crippen LogP contribution in [0.5, 0.6) is 11.5 Å². The van der Waals surface area contributed by atoms with Crippen LogP contribution in [0, 0.1) is 27.3 Å². The SMILES string of the molecule is C[C@@H](NC(=O)/C(C#N)=C/c1ccc(Oc2ccc(F)cc2)c([N+](=O)[O-])c1)c1ccccc1. The minimum Gasteiger partial charge on any atom is -0.450 e. The second kappa shape index (κ2) is 10.00. The molecule has 7 nitrogen and oxygen atoms in total. The number of nitro benzene ring substituents is 1. The monoisotopic (exact) mass is 431 g/mol. The van der Waals surface area contributed by atoms with Crippen LogP contribution in [-0.4, -0.2) is 10.8 Å². The second-order valence-corrected chi connectivity index (χ2v) is 6.82. The Balaban J connectivity index is 1.83. The van der Waals surface area contributed by atoms with Gasteiger partial charge in [0.1, 0.15) is 23.2 Å². The van der Waals surface area contributed by atoms with Gasteiger partial charge in [0.25, 0.3) is 5.91 Å². The van der Waals surface area contributed by atoms with Crippen molar-refractivity contribution in [2.24, 2.45) is 0 Å². The van der Waals surface area contributed by atoms with Crippen LogP contribution in [0.4, 0.5) is 10.1 Å². The third-order valence-corrected chi connectivity index (χ3v) is 4.54. The quantitative estimate of drug-likeness (QED) is 0.236. The number of carbonyl (C=O) groups is 1. The van der Waals surface area contributed by atoms with Gasteiger partial charge >= 0.3 is 5.69 Å². The predicted molar refractivity (Wildman–Crippen MR) is 116 cm³/mol. The standard InChI is InChI=1S/C24H18FN3O4/c1-16(18-5-3-2-4-6-18)27-24(29)19(15-26)13-17-7-12-23(22(14-17)28(30)31)32-21-10-8-20(25)9-11-21/h2-14,16H,1H3,(H,27,29)/b19-13+/t16-/m1/s1. The molecular formula is C24H18FN3O4. The van der Waals surface area contributed by atoms with E-state index in [0.29, 0.717) is 0 Å². The van der Waals surface area contributed by atoms with Crippen LogP contribution >= 0.6 is 0 Å². The molecule has 0 heterocycles. The number of halogens is 1. The summed E-state index contributed by atoms with van der Waals surface area (Å²) in [7, 11) is 0. The van der Waals surface area contributed by atoms with E-state index in [2.05, 4.69) is 5.32 Å². The number of benzene rings is 3. The van der Waals surface area contributed by atoms with Crippen molar-refractivity contribution in [3.8, 4) is 17.6 Å². The lowest BCUT2D eigenvalue weighted by atomic mass is 10.1. The molecule has 0 bridgehead atoms.